The second-order valence-corrected chi connectivity index (χ2v) is 5.72. The number of benzene rings is 2. The molecule has 1 unspecified atom stereocenters. The average Bonchev–Trinajstić information content (AvgIpc) is 2.50. The zero-order chi connectivity index (χ0) is 15.2. The number of aryl methyl sites for hydroxylation is 1. The Morgan fingerprint density at radius 1 is 1.05 bits per heavy atom. The first-order valence-corrected chi connectivity index (χ1v) is 7.77. The van der Waals surface area contributed by atoms with Crippen molar-refractivity contribution < 1.29 is 0 Å². The minimum atomic E-state index is 0.545. The molecule has 0 fully saturated rings. The van der Waals surface area contributed by atoms with Crippen molar-refractivity contribution in [3.05, 3.63) is 59.7 Å². The molecule has 2 N–H and O–H groups in total. The monoisotopic (exact) mass is 282 g/mol. The van der Waals surface area contributed by atoms with Crippen molar-refractivity contribution in [1.29, 1.82) is 0 Å². The maximum Gasteiger partial charge on any atom is 0.0395 e. The van der Waals surface area contributed by atoms with Gasteiger partial charge in [-0.05, 0) is 55.5 Å². The summed E-state index contributed by atoms with van der Waals surface area (Å²) in [6, 6.07) is 16.9. The molecule has 0 saturated carbocycles. The van der Waals surface area contributed by atoms with Crippen LogP contribution in [-0.2, 0) is 0 Å². The Kier molecular flexibility index (Phi) is 5.26. The van der Waals surface area contributed by atoms with Gasteiger partial charge in [0.25, 0.3) is 0 Å². The molecule has 112 valence electrons. The molecule has 0 aromatic heterocycles. The minimum absolute atomic E-state index is 0.545. The Morgan fingerprint density at radius 3 is 2.33 bits per heavy atom. The van der Waals surface area contributed by atoms with Gasteiger partial charge in [-0.2, -0.15) is 0 Å². The number of nitrogens with zero attached hydrogens (tertiary/aromatic N) is 1. The van der Waals surface area contributed by atoms with E-state index in [0.717, 1.165) is 25.2 Å². The van der Waals surface area contributed by atoms with Crippen LogP contribution in [0.4, 0.5) is 11.4 Å². The first-order chi connectivity index (χ1) is 10.1. The molecule has 21 heavy (non-hydrogen) atoms. The molecule has 2 nitrogen and oxygen atoms in total. The lowest BCUT2D eigenvalue weighted by atomic mass is 9.97. The van der Waals surface area contributed by atoms with Crippen molar-refractivity contribution in [3.8, 4) is 0 Å². The van der Waals surface area contributed by atoms with Crippen molar-refractivity contribution >= 4 is 11.4 Å². The molecule has 0 radical (unpaired) electrons. The number of hydrogen-bond acceptors (Lipinski definition) is 2. The summed E-state index contributed by atoms with van der Waals surface area (Å²) in [5.41, 5.74) is 10.7. The molecule has 0 aliphatic carbocycles. The summed E-state index contributed by atoms with van der Waals surface area (Å²) < 4.78 is 0. The Morgan fingerprint density at radius 2 is 1.71 bits per heavy atom. The molecular weight excluding hydrogens is 256 g/mol. The average molecular weight is 282 g/mol. The molecular formula is C19H26N2. The van der Waals surface area contributed by atoms with Crippen LogP contribution < -0.4 is 10.6 Å². The van der Waals surface area contributed by atoms with Crippen molar-refractivity contribution in [2.45, 2.75) is 33.1 Å². The van der Waals surface area contributed by atoms with Crippen LogP contribution >= 0.6 is 0 Å². The molecule has 0 spiro atoms. The predicted octanol–water partition coefficient (Wildman–Crippen LogP) is 4.60. The number of anilines is 2. The number of nitrogen functional groups attached to an aromatic ring is 1. The second-order valence-electron chi connectivity index (χ2n) is 5.72. The molecule has 1 atom stereocenters. The van der Waals surface area contributed by atoms with Crippen LogP contribution in [0.2, 0.25) is 0 Å². The molecule has 0 amide bonds. The number of para-hydroxylation sites is 1. The Bertz CT molecular complexity index is 560. The van der Waals surface area contributed by atoms with Crippen LogP contribution in [-0.4, -0.2) is 13.1 Å². The van der Waals surface area contributed by atoms with Crippen molar-refractivity contribution in [2.24, 2.45) is 0 Å². The van der Waals surface area contributed by atoms with Crippen LogP contribution in [0.3, 0.4) is 0 Å². The van der Waals surface area contributed by atoms with Gasteiger partial charge in [-0.15, -0.1) is 0 Å². The van der Waals surface area contributed by atoms with E-state index in [-0.39, 0.29) is 0 Å². The maximum absolute atomic E-state index is 5.75. The first-order valence-electron chi connectivity index (χ1n) is 7.77. The molecule has 0 heterocycles. The summed E-state index contributed by atoms with van der Waals surface area (Å²) in [4.78, 5) is 2.46. The smallest absolute Gasteiger partial charge is 0.0395 e. The quantitative estimate of drug-likeness (QED) is 0.785. The van der Waals surface area contributed by atoms with Crippen LogP contribution in [0, 0.1) is 6.92 Å². The van der Waals surface area contributed by atoms with Crippen LogP contribution in [0.15, 0.2) is 48.5 Å². The lowest BCUT2D eigenvalue weighted by Crippen LogP contribution is -2.25. The molecule has 0 saturated heterocycles. The van der Waals surface area contributed by atoms with Gasteiger partial charge in [0, 0.05) is 24.5 Å². The van der Waals surface area contributed by atoms with Crippen molar-refractivity contribution in [2.75, 3.05) is 23.7 Å². The van der Waals surface area contributed by atoms with Gasteiger partial charge in [-0.3, -0.25) is 0 Å². The molecule has 0 aliphatic heterocycles. The fraction of sp³-hybridized carbons (Fsp3) is 0.368. The summed E-state index contributed by atoms with van der Waals surface area (Å²) in [6.45, 7) is 8.81. The van der Waals surface area contributed by atoms with Gasteiger partial charge < -0.3 is 10.6 Å². The highest BCUT2D eigenvalue weighted by molar-refractivity contribution is 5.52. The standard InChI is InChI=1S/C19H26N2/c1-4-21(19-8-6-5-7-16(19)3)14-13-15(2)17-9-11-18(20)12-10-17/h5-12,15H,4,13-14,20H2,1-3H3. The third-order valence-corrected chi connectivity index (χ3v) is 4.18. The second kappa shape index (κ2) is 7.16. The summed E-state index contributed by atoms with van der Waals surface area (Å²) in [5.74, 6) is 0.545. The highest BCUT2D eigenvalue weighted by Gasteiger charge is 2.10. The van der Waals surface area contributed by atoms with E-state index in [0.29, 0.717) is 5.92 Å². The third kappa shape index (κ3) is 4.01. The summed E-state index contributed by atoms with van der Waals surface area (Å²) in [5, 5.41) is 0. The zero-order valence-corrected chi connectivity index (χ0v) is 13.3. The van der Waals surface area contributed by atoms with E-state index in [1.807, 2.05) is 12.1 Å². The fourth-order valence-electron chi connectivity index (χ4n) is 2.71. The van der Waals surface area contributed by atoms with E-state index in [1.165, 1.54) is 16.8 Å². The maximum atomic E-state index is 5.75. The van der Waals surface area contributed by atoms with Crippen LogP contribution in [0.5, 0.6) is 0 Å². The largest absolute Gasteiger partial charge is 0.399 e. The van der Waals surface area contributed by atoms with E-state index in [2.05, 4.69) is 62.1 Å². The van der Waals surface area contributed by atoms with Gasteiger partial charge in [0.1, 0.15) is 0 Å². The van der Waals surface area contributed by atoms with Gasteiger partial charge >= 0.3 is 0 Å². The first kappa shape index (κ1) is 15.4. The zero-order valence-electron chi connectivity index (χ0n) is 13.3. The molecule has 0 aliphatic rings. The van der Waals surface area contributed by atoms with E-state index < -0.39 is 0 Å². The molecule has 2 heteroatoms. The van der Waals surface area contributed by atoms with Crippen LogP contribution in [0.25, 0.3) is 0 Å². The van der Waals surface area contributed by atoms with Gasteiger partial charge in [-0.1, -0.05) is 37.3 Å². The van der Waals surface area contributed by atoms with Gasteiger partial charge in [-0.25, -0.2) is 0 Å². The van der Waals surface area contributed by atoms with Crippen molar-refractivity contribution in [3.63, 3.8) is 0 Å². The molecule has 2 aromatic rings. The summed E-state index contributed by atoms with van der Waals surface area (Å²) in [7, 11) is 0. The topological polar surface area (TPSA) is 29.3 Å². The number of hydrogen-bond donors (Lipinski definition) is 1. The van der Waals surface area contributed by atoms with Crippen molar-refractivity contribution in [1.82, 2.24) is 0 Å². The van der Waals surface area contributed by atoms with E-state index >= 15 is 0 Å². The van der Waals surface area contributed by atoms with E-state index in [9.17, 15) is 0 Å². The minimum Gasteiger partial charge on any atom is -0.399 e. The highest BCUT2D eigenvalue weighted by Crippen LogP contribution is 2.24. The molecule has 2 rings (SSSR count). The lowest BCUT2D eigenvalue weighted by Gasteiger charge is -2.26. The summed E-state index contributed by atoms with van der Waals surface area (Å²) in [6.07, 6.45) is 1.14. The lowest BCUT2D eigenvalue weighted by molar-refractivity contribution is 0.653. The van der Waals surface area contributed by atoms with E-state index in [1.54, 1.807) is 0 Å². The predicted molar refractivity (Wildman–Crippen MR) is 93.0 cm³/mol. The Labute approximate surface area is 128 Å². The molecule has 2 aromatic carbocycles. The molecule has 0 bridgehead atoms. The Hall–Kier alpha value is -1.96. The van der Waals surface area contributed by atoms with Crippen LogP contribution in [0.1, 0.15) is 37.3 Å². The van der Waals surface area contributed by atoms with Gasteiger partial charge in [0.2, 0.25) is 0 Å². The Balaban J connectivity index is 2.00. The highest BCUT2D eigenvalue weighted by atomic mass is 15.1. The fourth-order valence-corrected chi connectivity index (χ4v) is 2.71. The SMILES string of the molecule is CCN(CCC(C)c1ccc(N)cc1)c1ccccc1C. The number of rotatable bonds is 6. The summed E-state index contributed by atoms with van der Waals surface area (Å²) >= 11 is 0. The normalized spacial score (nSPS) is 12.1. The van der Waals surface area contributed by atoms with Gasteiger partial charge in [0.15, 0.2) is 0 Å². The van der Waals surface area contributed by atoms with E-state index in [4.69, 9.17) is 5.73 Å². The number of nitrogens with two attached hydrogens (primary N) is 1. The third-order valence-electron chi connectivity index (χ3n) is 4.18. The van der Waals surface area contributed by atoms with Gasteiger partial charge in [0.05, 0.1) is 0 Å².